The van der Waals surface area contributed by atoms with Crippen LogP contribution in [0.5, 0.6) is 17.2 Å². The Bertz CT molecular complexity index is 728. The molecule has 158 valence electrons. The van der Waals surface area contributed by atoms with Gasteiger partial charge in [0.1, 0.15) is 17.2 Å². The average Bonchev–Trinajstić information content (AvgIpc) is 2.76. The van der Waals surface area contributed by atoms with Crippen molar-refractivity contribution in [3.05, 3.63) is 47.8 Å². The van der Waals surface area contributed by atoms with Crippen molar-refractivity contribution >= 4 is 5.91 Å². The van der Waals surface area contributed by atoms with Gasteiger partial charge in [-0.15, -0.1) is 0 Å². The summed E-state index contributed by atoms with van der Waals surface area (Å²) >= 11 is 0. The third-order valence-electron chi connectivity index (χ3n) is 4.57. The fraction of sp³-hybridized carbons (Fsp3) is 0.455. The van der Waals surface area contributed by atoms with Gasteiger partial charge in [0, 0.05) is 44.5 Å². The summed E-state index contributed by atoms with van der Waals surface area (Å²) in [5.74, 6) is 2.19. The van der Waals surface area contributed by atoms with Crippen molar-refractivity contribution in [3.8, 4) is 17.2 Å². The van der Waals surface area contributed by atoms with Crippen molar-refractivity contribution in [1.82, 2.24) is 15.6 Å². The van der Waals surface area contributed by atoms with Gasteiger partial charge in [0.05, 0.1) is 26.4 Å². The average molecular weight is 402 g/mol. The zero-order valence-electron chi connectivity index (χ0n) is 17.5. The van der Waals surface area contributed by atoms with Crippen LogP contribution in [-0.2, 0) is 17.8 Å². The number of carbonyl (C=O) groups excluding carboxylic acids is 1. The van der Waals surface area contributed by atoms with Gasteiger partial charge in [-0.2, -0.15) is 0 Å². The van der Waals surface area contributed by atoms with Crippen LogP contribution in [0.3, 0.4) is 0 Å². The molecule has 1 aromatic carbocycles. The van der Waals surface area contributed by atoms with E-state index in [-0.39, 0.29) is 5.91 Å². The van der Waals surface area contributed by atoms with E-state index in [4.69, 9.17) is 14.2 Å². The summed E-state index contributed by atoms with van der Waals surface area (Å²) in [6.07, 6.45) is 6.63. The molecule has 29 heavy (non-hydrogen) atoms. The molecule has 0 unspecified atom stereocenters. The van der Waals surface area contributed by atoms with Crippen LogP contribution in [0, 0.1) is 0 Å². The molecule has 0 saturated heterocycles. The molecule has 1 heterocycles. The number of nitrogens with one attached hydrogen (secondary N) is 2. The molecule has 0 saturated carbocycles. The molecule has 2 N–H and O–H groups in total. The van der Waals surface area contributed by atoms with Crippen LogP contribution in [0.15, 0.2) is 36.7 Å². The quantitative estimate of drug-likeness (QED) is 0.502. The molecule has 0 bridgehead atoms. The highest BCUT2D eigenvalue weighted by Gasteiger charge is 2.13. The Morgan fingerprint density at radius 1 is 1.07 bits per heavy atom. The Morgan fingerprint density at radius 3 is 2.38 bits per heavy atom. The molecule has 0 spiro atoms. The normalized spacial score (nSPS) is 10.4. The van der Waals surface area contributed by atoms with Crippen LogP contribution < -0.4 is 24.8 Å². The lowest BCUT2D eigenvalue weighted by molar-refractivity contribution is -0.120. The monoisotopic (exact) mass is 401 g/mol. The van der Waals surface area contributed by atoms with Gasteiger partial charge < -0.3 is 24.8 Å². The van der Waals surface area contributed by atoms with Crippen LogP contribution in [0.4, 0.5) is 0 Å². The summed E-state index contributed by atoms with van der Waals surface area (Å²) in [7, 11) is 4.93. The van der Waals surface area contributed by atoms with Crippen molar-refractivity contribution < 1.29 is 19.0 Å². The SMILES string of the molecule is CNC(=O)CCCCOc1cc(OC)c(CNCCc2ccncc2)c(OC)c1. The van der Waals surface area contributed by atoms with E-state index in [0.717, 1.165) is 42.9 Å². The number of rotatable bonds is 13. The number of aromatic nitrogens is 1. The Balaban J connectivity index is 1.88. The third-order valence-corrected chi connectivity index (χ3v) is 4.57. The highest BCUT2D eigenvalue weighted by atomic mass is 16.5. The van der Waals surface area contributed by atoms with Crippen molar-refractivity contribution in [2.75, 3.05) is 34.4 Å². The number of unbranched alkanes of at least 4 members (excludes halogenated alkanes) is 1. The van der Waals surface area contributed by atoms with Gasteiger partial charge in [0.2, 0.25) is 5.91 Å². The number of amides is 1. The molecule has 7 nitrogen and oxygen atoms in total. The first kappa shape index (κ1) is 22.5. The summed E-state index contributed by atoms with van der Waals surface area (Å²) in [5, 5.41) is 6.05. The molecule has 2 aromatic rings. The lowest BCUT2D eigenvalue weighted by Gasteiger charge is -2.16. The lowest BCUT2D eigenvalue weighted by atomic mass is 10.1. The summed E-state index contributed by atoms with van der Waals surface area (Å²) in [6.45, 7) is 2.00. The minimum absolute atomic E-state index is 0.0501. The number of ether oxygens (including phenoxy) is 3. The van der Waals surface area contributed by atoms with Gasteiger partial charge in [-0.3, -0.25) is 9.78 Å². The van der Waals surface area contributed by atoms with E-state index in [1.807, 2.05) is 24.3 Å². The second kappa shape index (κ2) is 12.6. The third kappa shape index (κ3) is 7.62. The largest absolute Gasteiger partial charge is 0.496 e. The minimum atomic E-state index is 0.0501. The number of carbonyl (C=O) groups is 1. The van der Waals surface area contributed by atoms with Crippen LogP contribution in [0.1, 0.15) is 30.4 Å². The van der Waals surface area contributed by atoms with Crippen molar-refractivity contribution in [2.24, 2.45) is 0 Å². The molecule has 0 aliphatic heterocycles. The van der Waals surface area contributed by atoms with Gasteiger partial charge in [0.25, 0.3) is 0 Å². The van der Waals surface area contributed by atoms with E-state index in [1.165, 1.54) is 5.56 Å². The fourth-order valence-electron chi connectivity index (χ4n) is 2.92. The van der Waals surface area contributed by atoms with E-state index in [1.54, 1.807) is 33.7 Å². The maximum Gasteiger partial charge on any atom is 0.219 e. The number of nitrogens with zero attached hydrogens (tertiary/aromatic N) is 1. The number of pyridine rings is 1. The highest BCUT2D eigenvalue weighted by molar-refractivity contribution is 5.75. The fourth-order valence-corrected chi connectivity index (χ4v) is 2.92. The Kier molecular flexibility index (Phi) is 9.78. The first-order valence-corrected chi connectivity index (χ1v) is 9.85. The summed E-state index contributed by atoms with van der Waals surface area (Å²) in [5.41, 5.74) is 2.20. The van der Waals surface area contributed by atoms with Gasteiger partial charge in [0.15, 0.2) is 0 Å². The van der Waals surface area contributed by atoms with Gasteiger partial charge in [-0.25, -0.2) is 0 Å². The summed E-state index contributed by atoms with van der Waals surface area (Å²) in [6, 6.07) is 7.79. The van der Waals surface area contributed by atoms with Gasteiger partial charge in [-0.05, 0) is 43.5 Å². The highest BCUT2D eigenvalue weighted by Crippen LogP contribution is 2.34. The minimum Gasteiger partial charge on any atom is -0.496 e. The second-order valence-electron chi connectivity index (χ2n) is 6.57. The smallest absolute Gasteiger partial charge is 0.219 e. The predicted molar refractivity (Wildman–Crippen MR) is 113 cm³/mol. The van der Waals surface area contributed by atoms with E-state index < -0.39 is 0 Å². The zero-order chi connectivity index (χ0) is 20.9. The standard InChI is InChI=1S/C22H31N3O4/c1-23-22(26)6-4-5-13-29-18-14-20(27-2)19(21(15-18)28-3)16-25-12-9-17-7-10-24-11-8-17/h7-8,10-11,14-15,25H,4-6,9,12-13,16H2,1-3H3,(H,23,26). The lowest BCUT2D eigenvalue weighted by Crippen LogP contribution is -2.18. The molecule has 0 atom stereocenters. The number of hydrogen-bond acceptors (Lipinski definition) is 6. The van der Waals surface area contributed by atoms with E-state index in [9.17, 15) is 4.79 Å². The Labute approximate surface area is 172 Å². The Hall–Kier alpha value is -2.80. The van der Waals surface area contributed by atoms with Crippen LogP contribution in [0.2, 0.25) is 0 Å². The van der Waals surface area contributed by atoms with Crippen molar-refractivity contribution in [1.29, 1.82) is 0 Å². The van der Waals surface area contributed by atoms with E-state index >= 15 is 0 Å². The molecule has 0 aliphatic carbocycles. The van der Waals surface area contributed by atoms with E-state index in [2.05, 4.69) is 15.6 Å². The number of benzene rings is 1. The molecule has 2 rings (SSSR count). The maximum absolute atomic E-state index is 11.2. The number of hydrogen-bond donors (Lipinski definition) is 2. The van der Waals surface area contributed by atoms with Crippen LogP contribution in [0.25, 0.3) is 0 Å². The summed E-state index contributed by atoms with van der Waals surface area (Å²) < 4.78 is 16.9. The first-order valence-electron chi connectivity index (χ1n) is 9.85. The van der Waals surface area contributed by atoms with Gasteiger partial charge >= 0.3 is 0 Å². The van der Waals surface area contributed by atoms with Crippen molar-refractivity contribution in [3.63, 3.8) is 0 Å². The van der Waals surface area contributed by atoms with Crippen molar-refractivity contribution in [2.45, 2.75) is 32.2 Å². The molecular formula is C22H31N3O4. The number of methoxy groups -OCH3 is 2. The molecule has 0 radical (unpaired) electrons. The molecule has 1 aromatic heterocycles. The van der Waals surface area contributed by atoms with Gasteiger partial charge in [-0.1, -0.05) is 0 Å². The molecular weight excluding hydrogens is 370 g/mol. The molecule has 0 fully saturated rings. The second-order valence-corrected chi connectivity index (χ2v) is 6.57. The molecule has 7 heteroatoms. The predicted octanol–water partition coefficient (Wildman–Crippen LogP) is 2.73. The molecule has 0 aliphatic rings. The van der Waals surface area contributed by atoms with Crippen LogP contribution in [-0.4, -0.2) is 45.3 Å². The van der Waals surface area contributed by atoms with E-state index in [0.29, 0.717) is 25.3 Å². The zero-order valence-corrected chi connectivity index (χ0v) is 17.5. The van der Waals surface area contributed by atoms with Crippen LogP contribution >= 0.6 is 0 Å². The Morgan fingerprint density at radius 2 is 1.76 bits per heavy atom. The summed E-state index contributed by atoms with van der Waals surface area (Å²) in [4.78, 5) is 15.3. The topological polar surface area (TPSA) is 81.7 Å². The maximum atomic E-state index is 11.2. The first-order chi connectivity index (χ1) is 14.2. The molecule has 1 amide bonds.